The molecule has 3 aliphatic rings. The molecule has 3 rings (SSSR count). The van der Waals surface area contributed by atoms with Crippen LogP contribution in [0.5, 0.6) is 0 Å². The highest BCUT2D eigenvalue weighted by molar-refractivity contribution is 5.01. The molecular formula is C11H22. The number of fused-ring (bicyclic) bond motifs is 2. The van der Waals surface area contributed by atoms with E-state index in [1.54, 1.807) is 0 Å². The van der Waals surface area contributed by atoms with Gasteiger partial charge in [-0.05, 0) is 42.4 Å². The van der Waals surface area contributed by atoms with E-state index in [2.05, 4.69) is 20.8 Å². The third kappa shape index (κ3) is 1.11. The molecule has 0 radical (unpaired) electrons. The molecule has 0 nitrogen and oxygen atoms in total. The maximum absolute atomic E-state index is 2.46. The predicted molar refractivity (Wildman–Crippen MR) is 50.5 cm³/mol. The van der Waals surface area contributed by atoms with Gasteiger partial charge in [-0.2, -0.15) is 0 Å². The molecule has 0 heterocycles. The van der Waals surface area contributed by atoms with Crippen LogP contribution >= 0.6 is 0 Å². The average molecular weight is 154 g/mol. The Labute approximate surface area is 71.4 Å². The van der Waals surface area contributed by atoms with E-state index in [0.717, 1.165) is 17.8 Å². The van der Waals surface area contributed by atoms with Crippen LogP contribution in [-0.2, 0) is 0 Å². The summed E-state index contributed by atoms with van der Waals surface area (Å²) in [7, 11) is 0. The van der Waals surface area contributed by atoms with Crippen LogP contribution in [0.2, 0.25) is 0 Å². The smallest absolute Gasteiger partial charge is 0.0297 e. The summed E-state index contributed by atoms with van der Waals surface area (Å²) < 4.78 is 0. The fraction of sp³-hybridized carbons (Fsp3) is 1.00. The molecule has 0 aromatic heterocycles. The van der Waals surface area contributed by atoms with Crippen molar-refractivity contribution in [2.75, 3.05) is 0 Å². The first-order chi connectivity index (χ1) is 4.60. The summed E-state index contributed by atoms with van der Waals surface area (Å²) in [6.45, 7) is 7.32. The molecule has 2 unspecified atom stereocenters. The zero-order valence-electron chi connectivity index (χ0n) is 7.35. The van der Waals surface area contributed by atoms with E-state index >= 15 is 0 Å². The van der Waals surface area contributed by atoms with Gasteiger partial charge in [0.05, 0.1) is 0 Å². The number of rotatable bonds is 0. The Morgan fingerprint density at radius 2 is 1.45 bits per heavy atom. The molecule has 66 valence electrons. The highest BCUT2D eigenvalue weighted by Crippen LogP contribution is 2.60. The third-order valence-corrected chi connectivity index (χ3v) is 4.05. The zero-order valence-corrected chi connectivity index (χ0v) is 7.35. The van der Waals surface area contributed by atoms with Crippen molar-refractivity contribution in [2.24, 2.45) is 23.2 Å². The van der Waals surface area contributed by atoms with Crippen LogP contribution in [0.15, 0.2) is 0 Å². The standard InChI is InChI=1S/C10H18.CH4/c1-7-4-8-6-9(5-7)10(8,2)3;/h7-9H,4-6H2,1-3H3;1H4. The van der Waals surface area contributed by atoms with Crippen LogP contribution in [-0.4, -0.2) is 0 Å². The topological polar surface area (TPSA) is 0 Å². The van der Waals surface area contributed by atoms with E-state index in [4.69, 9.17) is 0 Å². The van der Waals surface area contributed by atoms with Crippen molar-refractivity contribution in [1.29, 1.82) is 0 Å². The molecule has 0 amide bonds. The normalized spacial score (nSPS) is 45.5. The van der Waals surface area contributed by atoms with Crippen LogP contribution < -0.4 is 0 Å². The van der Waals surface area contributed by atoms with E-state index in [1.807, 2.05) is 0 Å². The highest BCUT2D eigenvalue weighted by atomic mass is 14.6. The van der Waals surface area contributed by atoms with Crippen molar-refractivity contribution in [3.05, 3.63) is 0 Å². The van der Waals surface area contributed by atoms with Gasteiger partial charge in [-0.15, -0.1) is 0 Å². The second kappa shape index (κ2) is 2.50. The lowest BCUT2D eigenvalue weighted by Gasteiger charge is -2.58. The third-order valence-electron chi connectivity index (χ3n) is 4.05. The highest BCUT2D eigenvalue weighted by Gasteiger charge is 2.51. The first-order valence-electron chi connectivity index (χ1n) is 4.60. The Morgan fingerprint density at radius 3 is 1.73 bits per heavy atom. The van der Waals surface area contributed by atoms with Crippen LogP contribution in [0.3, 0.4) is 0 Å². The Bertz CT molecular complexity index is 132. The lowest BCUT2D eigenvalue weighted by atomic mass is 9.47. The van der Waals surface area contributed by atoms with E-state index in [9.17, 15) is 0 Å². The molecule has 0 aliphatic heterocycles. The van der Waals surface area contributed by atoms with Gasteiger partial charge < -0.3 is 0 Å². The molecule has 11 heavy (non-hydrogen) atoms. The maximum atomic E-state index is 2.46. The van der Waals surface area contributed by atoms with E-state index in [1.165, 1.54) is 19.3 Å². The minimum absolute atomic E-state index is 0. The monoisotopic (exact) mass is 154 g/mol. The Balaban J connectivity index is 0.000000605. The second-order valence-corrected chi connectivity index (χ2v) is 5.03. The first-order valence-corrected chi connectivity index (χ1v) is 4.60. The van der Waals surface area contributed by atoms with Gasteiger partial charge in [-0.1, -0.05) is 28.2 Å². The molecule has 0 spiro atoms. The lowest BCUT2D eigenvalue weighted by Crippen LogP contribution is -2.50. The number of hydrogen-bond donors (Lipinski definition) is 0. The van der Waals surface area contributed by atoms with Gasteiger partial charge in [0, 0.05) is 0 Å². The van der Waals surface area contributed by atoms with Crippen LogP contribution in [0.25, 0.3) is 0 Å². The SMILES string of the molecule is C.CC1CC2CC(C1)C2(C)C. The van der Waals surface area contributed by atoms with Crippen molar-refractivity contribution in [1.82, 2.24) is 0 Å². The van der Waals surface area contributed by atoms with Crippen LogP contribution in [0, 0.1) is 23.2 Å². The van der Waals surface area contributed by atoms with Gasteiger partial charge in [0.25, 0.3) is 0 Å². The van der Waals surface area contributed by atoms with Gasteiger partial charge in [-0.3, -0.25) is 0 Å². The van der Waals surface area contributed by atoms with Crippen molar-refractivity contribution in [3.8, 4) is 0 Å². The summed E-state index contributed by atoms with van der Waals surface area (Å²) >= 11 is 0. The largest absolute Gasteiger partial charge is 0.0776 e. The quantitative estimate of drug-likeness (QED) is 0.499. The Hall–Kier alpha value is 0. The molecule has 0 aromatic carbocycles. The van der Waals surface area contributed by atoms with Crippen molar-refractivity contribution < 1.29 is 0 Å². The molecule has 0 N–H and O–H groups in total. The minimum atomic E-state index is 0. The van der Waals surface area contributed by atoms with Gasteiger partial charge >= 0.3 is 0 Å². The van der Waals surface area contributed by atoms with Gasteiger partial charge in [0.15, 0.2) is 0 Å². The fourth-order valence-corrected chi connectivity index (χ4v) is 2.99. The zero-order chi connectivity index (χ0) is 7.35. The van der Waals surface area contributed by atoms with Crippen molar-refractivity contribution in [3.63, 3.8) is 0 Å². The van der Waals surface area contributed by atoms with Gasteiger partial charge in [0.2, 0.25) is 0 Å². The predicted octanol–water partition coefficient (Wildman–Crippen LogP) is 3.71. The number of hydrogen-bond acceptors (Lipinski definition) is 0. The summed E-state index contributed by atoms with van der Waals surface area (Å²) in [5.74, 6) is 3.17. The summed E-state index contributed by atoms with van der Waals surface area (Å²) in [5.41, 5.74) is 0.715. The molecule has 0 saturated heterocycles. The summed E-state index contributed by atoms with van der Waals surface area (Å²) in [6.07, 6.45) is 4.55. The summed E-state index contributed by atoms with van der Waals surface area (Å²) in [6, 6.07) is 0. The van der Waals surface area contributed by atoms with Gasteiger partial charge in [0.1, 0.15) is 0 Å². The van der Waals surface area contributed by atoms with Crippen LogP contribution in [0.1, 0.15) is 47.5 Å². The van der Waals surface area contributed by atoms with E-state index in [-0.39, 0.29) is 7.43 Å². The molecule has 0 heteroatoms. The lowest BCUT2D eigenvalue weighted by molar-refractivity contribution is -0.0860. The molecule has 0 aromatic rings. The average Bonchev–Trinajstić information content (AvgIpc) is 1.87. The van der Waals surface area contributed by atoms with Crippen LogP contribution in [0.4, 0.5) is 0 Å². The molecule has 3 saturated carbocycles. The second-order valence-electron chi connectivity index (χ2n) is 5.03. The maximum Gasteiger partial charge on any atom is -0.0297 e. The Morgan fingerprint density at radius 1 is 1.00 bits per heavy atom. The van der Waals surface area contributed by atoms with E-state index in [0.29, 0.717) is 5.41 Å². The summed E-state index contributed by atoms with van der Waals surface area (Å²) in [5, 5.41) is 0. The van der Waals surface area contributed by atoms with Gasteiger partial charge in [-0.25, -0.2) is 0 Å². The molecule has 2 bridgehead atoms. The molecule has 2 atom stereocenters. The molecule has 3 fully saturated rings. The van der Waals surface area contributed by atoms with Crippen molar-refractivity contribution in [2.45, 2.75) is 47.5 Å². The van der Waals surface area contributed by atoms with Crippen molar-refractivity contribution >= 4 is 0 Å². The Kier molecular flexibility index (Phi) is 2.07. The first kappa shape index (κ1) is 9.09. The fourth-order valence-electron chi connectivity index (χ4n) is 2.99. The van der Waals surface area contributed by atoms with E-state index < -0.39 is 0 Å². The molecular weight excluding hydrogens is 132 g/mol. The summed E-state index contributed by atoms with van der Waals surface area (Å²) in [4.78, 5) is 0. The minimum Gasteiger partial charge on any atom is -0.0776 e. The molecule has 3 aliphatic carbocycles.